The Hall–Kier alpha value is -2.63. The first-order chi connectivity index (χ1) is 10.2. The Morgan fingerprint density at radius 3 is 2.52 bits per heavy atom. The van der Waals surface area contributed by atoms with E-state index in [1.54, 1.807) is 18.3 Å². The molecule has 0 heterocycles. The molecule has 2 aromatic carbocycles. The van der Waals surface area contributed by atoms with Gasteiger partial charge in [-0.05, 0) is 35.9 Å². The quantitative estimate of drug-likeness (QED) is 0.651. The Labute approximate surface area is 121 Å². The van der Waals surface area contributed by atoms with E-state index in [-0.39, 0.29) is 11.5 Å². The summed E-state index contributed by atoms with van der Waals surface area (Å²) in [7, 11) is 1.39. The summed E-state index contributed by atoms with van der Waals surface area (Å²) in [5.74, 6) is 0.208. The van der Waals surface area contributed by atoms with Gasteiger partial charge in [0.2, 0.25) is 0 Å². The average Bonchev–Trinajstić information content (AvgIpc) is 2.49. The molecule has 0 aliphatic rings. The summed E-state index contributed by atoms with van der Waals surface area (Å²) in [5.41, 5.74) is 4.39. The third-order valence-corrected chi connectivity index (χ3v) is 2.58. The number of para-hydroxylation sites is 1. The summed E-state index contributed by atoms with van der Waals surface area (Å²) >= 11 is 0. The topological polar surface area (TPSA) is 42.8 Å². The van der Waals surface area contributed by atoms with Gasteiger partial charge in [-0.25, -0.2) is 0 Å². The van der Waals surface area contributed by atoms with E-state index in [1.165, 1.54) is 13.2 Å². The molecule has 0 bridgehead atoms. The van der Waals surface area contributed by atoms with Gasteiger partial charge in [0.1, 0.15) is 0 Å². The first-order valence-electron chi connectivity index (χ1n) is 6.16. The molecule has 0 aliphatic carbocycles. The summed E-state index contributed by atoms with van der Waals surface area (Å²) < 4.78 is 33.8. The number of ether oxygens (including phenoxy) is 2. The molecule has 0 unspecified atom stereocenters. The fourth-order valence-electron chi connectivity index (χ4n) is 1.65. The van der Waals surface area contributed by atoms with Crippen molar-refractivity contribution in [3.05, 3.63) is 54.1 Å². The number of alkyl halides is 2. The van der Waals surface area contributed by atoms with Crippen molar-refractivity contribution < 1.29 is 18.3 Å². The number of hydrazone groups is 1. The molecule has 0 fully saturated rings. The van der Waals surface area contributed by atoms with Crippen LogP contribution in [0.2, 0.25) is 0 Å². The average molecular weight is 292 g/mol. The summed E-state index contributed by atoms with van der Waals surface area (Å²) in [6.07, 6.45) is 1.56. The van der Waals surface area contributed by atoms with Crippen LogP contribution in [0.25, 0.3) is 0 Å². The van der Waals surface area contributed by atoms with Gasteiger partial charge in [0.25, 0.3) is 0 Å². The van der Waals surface area contributed by atoms with E-state index < -0.39 is 6.61 Å². The normalized spacial score (nSPS) is 10.9. The zero-order valence-corrected chi connectivity index (χ0v) is 11.3. The van der Waals surface area contributed by atoms with Crippen LogP contribution in [-0.2, 0) is 0 Å². The summed E-state index contributed by atoms with van der Waals surface area (Å²) in [6, 6.07) is 14.0. The molecule has 4 nitrogen and oxygen atoms in total. The fraction of sp³-hybridized carbons (Fsp3) is 0.133. The Morgan fingerprint density at radius 1 is 1.10 bits per heavy atom. The number of halogens is 2. The zero-order chi connectivity index (χ0) is 15.1. The molecule has 0 spiro atoms. The lowest BCUT2D eigenvalue weighted by atomic mass is 10.2. The number of nitrogens with one attached hydrogen (secondary N) is 1. The monoisotopic (exact) mass is 292 g/mol. The maximum atomic E-state index is 12.2. The third kappa shape index (κ3) is 4.45. The number of nitrogens with zero attached hydrogens (tertiary/aromatic N) is 1. The molecule has 0 radical (unpaired) electrons. The zero-order valence-electron chi connectivity index (χ0n) is 11.3. The third-order valence-electron chi connectivity index (χ3n) is 2.58. The van der Waals surface area contributed by atoms with E-state index in [1.807, 2.05) is 30.3 Å². The van der Waals surface area contributed by atoms with Crippen molar-refractivity contribution in [2.45, 2.75) is 6.61 Å². The largest absolute Gasteiger partial charge is 0.493 e. The summed E-state index contributed by atoms with van der Waals surface area (Å²) in [4.78, 5) is 0. The van der Waals surface area contributed by atoms with Crippen molar-refractivity contribution in [2.75, 3.05) is 12.5 Å². The van der Waals surface area contributed by atoms with E-state index in [0.29, 0.717) is 5.56 Å². The van der Waals surface area contributed by atoms with Crippen molar-refractivity contribution in [1.29, 1.82) is 0 Å². The van der Waals surface area contributed by atoms with E-state index in [0.717, 1.165) is 5.69 Å². The van der Waals surface area contributed by atoms with Crippen molar-refractivity contribution in [3.8, 4) is 11.5 Å². The highest BCUT2D eigenvalue weighted by atomic mass is 19.3. The molecular formula is C15H14F2N2O2. The Kier molecular flexibility index (Phi) is 5.09. The molecule has 1 N–H and O–H groups in total. The van der Waals surface area contributed by atoms with E-state index in [9.17, 15) is 8.78 Å². The lowest BCUT2D eigenvalue weighted by Crippen LogP contribution is -2.03. The lowest BCUT2D eigenvalue weighted by Gasteiger charge is -2.10. The second-order valence-electron chi connectivity index (χ2n) is 4.02. The van der Waals surface area contributed by atoms with E-state index >= 15 is 0 Å². The van der Waals surface area contributed by atoms with Crippen LogP contribution in [0.15, 0.2) is 53.6 Å². The molecule has 0 saturated heterocycles. The van der Waals surface area contributed by atoms with Crippen LogP contribution in [0.4, 0.5) is 14.5 Å². The van der Waals surface area contributed by atoms with Crippen LogP contribution in [0.5, 0.6) is 11.5 Å². The smallest absolute Gasteiger partial charge is 0.387 e. The van der Waals surface area contributed by atoms with E-state index in [2.05, 4.69) is 15.3 Å². The minimum atomic E-state index is -2.89. The van der Waals surface area contributed by atoms with Gasteiger partial charge in [-0.2, -0.15) is 13.9 Å². The molecule has 0 saturated carbocycles. The lowest BCUT2D eigenvalue weighted by molar-refractivity contribution is -0.0512. The van der Waals surface area contributed by atoms with Crippen molar-refractivity contribution in [3.63, 3.8) is 0 Å². The van der Waals surface area contributed by atoms with E-state index in [4.69, 9.17) is 4.74 Å². The highest BCUT2D eigenvalue weighted by Crippen LogP contribution is 2.28. The van der Waals surface area contributed by atoms with Gasteiger partial charge in [0, 0.05) is 0 Å². The predicted octanol–water partition coefficient (Wildman–Crippen LogP) is 3.74. The molecule has 0 amide bonds. The van der Waals surface area contributed by atoms with Crippen LogP contribution in [0.3, 0.4) is 0 Å². The van der Waals surface area contributed by atoms with Crippen LogP contribution < -0.4 is 14.9 Å². The molecule has 110 valence electrons. The van der Waals surface area contributed by atoms with Gasteiger partial charge in [-0.3, -0.25) is 5.43 Å². The van der Waals surface area contributed by atoms with Crippen LogP contribution in [0.1, 0.15) is 5.56 Å². The standard InChI is InChI=1S/C15H14F2N2O2/c1-20-14-9-11(7-8-13(14)21-15(16)17)10-18-19-12-5-3-2-4-6-12/h2-10,15,19H,1H3. The van der Waals surface area contributed by atoms with Crippen molar-refractivity contribution in [1.82, 2.24) is 0 Å². The number of rotatable bonds is 6. The second kappa shape index (κ2) is 7.23. The SMILES string of the molecule is COc1cc(C=NNc2ccccc2)ccc1OC(F)F. The summed E-state index contributed by atoms with van der Waals surface area (Å²) in [5, 5.41) is 4.06. The number of anilines is 1. The predicted molar refractivity (Wildman–Crippen MR) is 77.3 cm³/mol. The van der Waals surface area contributed by atoms with Crippen molar-refractivity contribution >= 4 is 11.9 Å². The molecule has 6 heteroatoms. The minimum Gasteiger partial charge on any atom is -0.493 e. The van der Waals surface area contributed by atoms with Gasteiger partial charge >= 0.3 is 6.61 Å². The first kappa shape index (κ1) is 14.8. The van der Waals surface area contributed by atoms with Gasteiger partial charge in [0.15, 0.2) is 11.5 Å². The molecule has 2 aromatic rings. The second-order valence-corrected chi connectivity index (χ2v) is 4.02. The number of hydrogen-bond acceptors (Lipinski definition) is 4. The first-order valence-corrected chi connectivity index (χ1v) is 6.16. The highest BCUT2D eigenvalue weighted by molar-refractivity contribution is 5.81. The number of benzene rings is 2. The van der Waals surface area contributed by atoms with Crippen LogP contribution in [0, 0.1) is 0 Å². The number of hydrogen-bond donors (Lipinski definition) is 1. The molecule has 0 aliphatic heterocycles. The summed E-state index contributed by atoms with van der Waals surface area (Å²) in [6.45, 7) is -2.89. The van der Waals surface area contributed by atoms with Gasteiger partial charge in [0.05, 0.1) is 19.0 Å². The van der Waals surface area contributed by atoms with Crippen LogP contribution in [-0.4, -0.2) is 19.9 Å². The molecule has 0 aromatic heterocycles. The highest BCUT2D eigenvalue weighted by Gasteiger charge is 2.10. The number of methoxy groups -OCH3 is 1. The Morgan fingerprint density at radius 2 is 1.86 bits per heavy atom. The molecule has 2 rings (SSSR count). The molecule has 21 heavy (non-hydrogen) atoms. The Bertz CT molecular complexity index is 604. The van der Waals surface area contributed by atoms with Gasteiger partial charge < -0.3 is 9.47 Å². The molecule has 0 atom stereocenters. The minimum absolute atomic E-state index is 0.0133. The maximum absolute atomic E-state index is 12.2. The maximum Gasteiger partial charge on any atom is 0.387 e. The Balaban J connectivity index is 2.06. The van der Waals surface area contributed by atoms with Gasteiger partial charge in [-0.1, -0.05) is 18.2 Å². The van der Waals surface area contributed by atoms with Crippen molar-refractivity contribution in [2.24, 2.45) is 5.10 Å². The van der Waals surface area contributed by atoms with Gasteiger partial charge in [-0.15, -0.1) is 0 Å². The van der Waals surface area contributed by atoms with Crippen LogP contribution >= 0.6 is 0 Å². The molecular weight excluding hydrogens is 278 g/mol. The fourth-order valence-corrected chi connectivity index (χ4v) is 1.65.